The molecule has 0 aromatic rings. The summed E-state index contributed by atoms with van der Waals surface area (Å²) < 4.78 is 61.4. The van der Waals surface area contributed by atoms with E-state index in [0.717, 1.165) is 64.2 Å². The molecule has 0 aliphatic rings. The highest BCUT2D eigenvalue weighted by molar-refractivity contribution is 7.94. The average molecular weight is 403 g/mol. The van der Waals surface area contributed by atoms with Crippen LogP contribution in [0.4, 0.5) is 0 Å². The van der Waals surface area contributed by atoms with Gasteiger partial charge in [0.05, 0.1) is 6.10 Å². The van der Waals surface area contributed by atoms with Gasteiger partial charge in [0.1, 0.15) is 0 Å². The molecule has 1 N–H and O–H groups in total. The van der Waals surface area contributed by atoms with Crippen LogP contribution >= 0.6 is 0 Å². The third-order valence-corrected chi connectivity index (χ3v) is 5.79. The summed E-state index contributed by atoms with van der Waals surface area (Å²) in [5, 5.41) is 0. The Morgan fingerprint density at radius 2 is 1.12 bits per heavy atom. The van der Waals surface area contributed by atoms with Crippen molar-refractivity contribution in [3.8, 4) is 0 Å². The van der Waals surface area contributed by atoms with E-state index in [-0.39, 0.29) is 0 Å². The van der Waals surface area contributed by atoms with Crippen molar-refractivity contribution in [2.45, 2.75) is 103 Å². The predicted molar refractivity (Wildman–Crippen MR) is 97.8 cm³/mol. The zero-order chi connectivity index (χ0) is 19.2. The first-order chi connectivity index (χ1) is 11.7. The molecule has 0 amide bonds. The fourth-order valence-corrected chi connectivity index (χ4v) is 4.15. The lowest BCUT2D eigenvalue weighted by Crippen LogP contribution is -2.22. The van der Waals surface area contributed by atoms with Gasteiger partial charge in [0.25, 0.3) is 0 Å². The van der Waals surface area contributed by atoms with E-state index in [9.17, 15) is 16.8 Å². The molecule has 0 heterocycles. The van der Waals surface area contributed by atoms with Gasteiger partial charge in [0.15, 0.2) is 0 Å². The largest absolute Gasteiger partial charge is 0.416 e. The Balaban J connectivity index is 4.40. The zero-order valence-corrected chi connectivity index (χ0v) is 17.1. The summed E-state index contributed by atoms with van der Waals surface area (Å²) in [6.07, 6.45) is 11.9. The summed E-state index contributed by atoms with van der Waals surface area (Å²) in [6, 6.07) is 0. The smallest absolute Gasteiger partial charge is 0.263 e. The molecule has 0 saturated heterocycles. The van der Waals surface area contributed by atoms with Crippen molar-refractivity contribution >= 4 is 20.8 Å². The summed E-state index contributed by atoms with van der Waals surface area (Å²) >= 11 is 0. The van der Waals surface area contributed by atoms with Gasteiger partial charge in [-0.1, -0.05) is 84.5 Å². The first-order valence-corrected chi connectivity index (χ1v) is 12.0. The van der Waals surface area contributed by atoms with Crippen LogP contribution in [0.5, 0.6) is 0 Å². The lowest BCUT2D eigenvalue weighted by molar-refractivity contribution is 0.158. The van der Waals surface area contributed by atoms with Gasteiger partial charge in [-0.2, -0.15) is 16.8 Å². The molecule has 152 valence electrons. The minimum Gasteiger partial charge on any atom is -0.263 e. The molecule has 7 nitrogen and oxygen atoms in total. The first kappa shape index (κ1) is 24.8. The van der Waals surface area contributed by atoms with Crippen LogP contribution in [0, 0.1) is 0 Å². The summed E-state index contributed by atoms with van der Waals surface area (Å²) in [5.41, 5.74) is 0. The SMILES string of the molecule is CCCCCCCCC(CCCCCCC)OS(=O)(=O)OS(=O)(=O)O. The van der Waals surface area contributed by atoms with Gasteiger partial charge < -0.3 is 0 Å². The number of hydrogen-bond donors (Lipinski definition) is 1. The van der Waals surface area contributed by atoms with Gasteiger partial charge >= 0.3 is 20.8 Å². The maximum atomic E-state index is 11.6. The molecular weight excluding hydrogens is 368 g/mol. The number of hydrogen-bond acceptors (Lipinski definition) is 6. The summed E-state index contributed by atoms with van der Waals surface area (Å²) in [7, 11) is -9.88. The van der Waals surface area contributed by atoms with Crippen LogP contribution in [0.3, 0.4) is 0 Å². The standard InChI is InChI=1S/C16H34O7S2/c1-3-5-7-9-11-13-15-16(14-12-10-8-6-4-2)22-25(20,21)23-24(17,18)19/h16H,3-15H2,1-2H3,(H,17,18,19). The molecule has 0 aliphatic heterocycles. The lowest BCUT2D eigenvalue weighted by atomic mass is 10.0. The van der Waals surface area contributed by atoms with Crippen molar-refractivity contribution in [3.05, 3.63) is 0 Å². The molecule has 0 spiro atoms. The third kappa shape index (κ3) is 17.0. The van der Waals surface area contributed by atoms with Gasteiger partial charge in [-0.3, -0.25) is 4.55 Å². The molecule has 0 aromatic carbocycles. The molecule has 0 radical (unpaired) electrons. The molecule has 0 aliphatic carbocycles. The number of rotatable bonds is 17. The molecule has 1 atom stereocenters. The molecule has 0 bridgehead atoms. The highest BCUT2D eigenvalue weighted by Crippen LogP contribution is 2.19. The number of unbranched alkanes of at least 4 members (excludes halogenated alkanes) is 9. The van der Waals surface area contributed by atoms with Crippen molar-refractivity contribution in [2.24, 2.45) is 0 Å². The maximum Gasteiger partial charge on any atom is 0.416 e. The van der Waals surface area contributed by atoms with Crippen LogP contribution in [-0.4, -0.2) is 27.5 Å². The van der Waals surface area contributed by atoms with Crippen molar-refractivity contribution in [1.29, 1.82) is 0 Å². The van der Waals surface area contributed by atoms with E-state index in [1.165, 1.54) is 6.42 Å². The van der Waals surface area contributed by atoms with Crippen LogP contribution < -0.4 is 0 Å². The van der Waals surface area contributed by atoms with Crippen molar-refractivity contribution in [2.75, 3.05) is 0 Å². The predicted octanol–water partition coefficient (Wildman–Crippen LogP) is 4.55. The molecule has 9 heteroatoms. The Bertz CT molecular complexity index is 515. The second kappa shape index (κ2) is 13.9. The molecular formula is C16H34O7S2. The van der Waals surface area contributed by atoms with E-state index in [1.807, 2.05) is 0 Å². The van der Waals surface area contributed by atoms with Crippen LogP contribution in [0.1, 0.15) is 97.3 Å². The summed E-state index contributed by atoms with van der Waals surface area (Å²) in [6.45, 7) is 4.26. The Morgan fingerprint density at radius 1 is 0.720 bits per heavy atom. The average Bonchev–Trinajstić information content (AvgIpc) is 2.47. The first-order valence-electron chi connectivity index (χ1n) is 9.32. The van der Waals surface area contributed by atoms with Crippen LogP contribution in [0.2, 0.25) is 0 Å². The molecule has 25 heavy (non-hydrogen) atoms. The molecule has 1 unspecified atom stereocenters. The maximum absolute atomic E-state index is 11.6. The summed E-state index contributed by atoms with van der Waals surface area (Å²) in [4.78, 5) is 0. The highest BCUT2D eigenvalue weighted by Gasteiger charge is 2.25. The van der Waals surface area contributed by atoms with E-state index < -0.39 is 26.9 Å². The quantitative estimate of drug-likeness (QED) is 0.281. The second-order valence-corrected chi connectivity index (χ2v) is 8.79. The third-order valence-electron chi connectivity index (χ3n) is 3.93. The minimum atomic E-state index is -5.11. The molecule has 0 saturated carbocycles. The lowest BCUT2D eigenvalue weighted by Gasteiger charge is -2.16. The second-order valence-electron chi connectivity index (χ2n) is 6.38. The highest BCUT2D eigenvalue weighted by atomic mass is 32.3. The summed E-state index contributed by atoms with van der Waals surface area (Å²) in [5.74, 6) is 0. The molecule has 0 rings (SSSR count). The topological polar surface area (TPSA) is 107 Å². The Morgan fingerprint density at radius 3 is 1.52 bits per heavy atom. The molecule has 0 aromatic heterocycles. The van der Waals surface area contributed by atoms with E-state index >= 15 is 0 Å². The van der Waals surface area contributed by atoms with Crippen molar-refractivity contribution in [1.82, 2.24) is 0 Å². The van der Waals surface area contributed by atoms with Crippen LogP contribution in [0.25, 0.3) is 0 Å². The Hall–Kier alpha value is -0.220. The van der Waals surface area contributed by atoms with Gasteiger partial charge in [-0.25, -0.2) is 4.18 Å². The van der Waals surface area contributed by atoms with Gasteiger partial charge in [-0.15, -0.1) is 3.63 Å². The van der Waals surface area contributed by atoms with Crippen LogP contribution in [0.15, 0.2) is 0 Å². The van der Waals surface area contributed by atoms with Crippen molar-refractivity contribution in [3.63, 3.8) is 0 Å². The normalized spacial score (nSPS) is 13.9. The Kier molecular flexibility index (Phi) is 13.8. The fourth-order valence-electron chi connectivity index (χ4n) is 2.66. The van der Waals surface area contributed by atoms with E-state index in [1.54, 1.807) is 0 Å². The minimum absolute atomic E-state index is 0.521. The molecule has 0 fully saturated rings. The zero-order valence-electron chi connectivity index (χ0n) is 15.5. The van der Waals surface area contributed by atoms with Gasteiger partial charge in [-0.05, 0) is 12.8 Å². The monoisotopic (exact) mass is 402 g/mol. The van der Waals surface area contributed by atoms with Crippen LogP contribution in [-0.2, 0) is 28.6 Å². The van der Waals surface area contributed by atoms with E-state index in [2.05, 4.69) is 17.5 Å². The van der Waals surface area contributed by atoms with E-state index in [4.69, 9.17) is 8.74 Å². The Labute approximate surface area is 153 Å². The van der Waals surface area contributed by atoms with Gasteiger partial charge in [0.2, 0.25) is 0 Å². The van der Waals surface area contributed by atoms with Gasteiger partial charge in [0, 0.05) is 0 Å². The fraction of sp³-hybridized carbons (Fsp3) is 1.00. The van der Waals surface area contributed by atoms with Crippen molar-refractivity contribution < 1.29 is 29.2 Å². The van der Waals surface area contributed by atoms with E-state index in [0.29, 0.717) is 12.8 Å².